The number of nitrogens with one attached hydrogen (secondary N) is 1. The molecule has 1 atom stereocenters. The molecule has 1 heterocycles. The van der Waals surface area contributed by atoms with E-state index in [0.717, 1.165) is 22.6 Å². The Morgan fingerprint density at radius 2 is 1.91 bits per heavy atom. The summed E-state index contributed by atoms with van der Waals surface area (Å²) in [5.74, 6) is -0.716. The lowest BCUT2D eigenvalue weighted by Crippen LogP contribution is -2.38. The molecule has 2 aromatic rings. The predicted molar refractivity (Wildman–Crippen MR) is 86.1 cm³/mol. The van der Waals surface area contributed by atoms with E-state index in [1.165, 1.54) is 6.92 Å². The van der Waals surface area contributed by atoms with Crippen LogP contribution in [0.4, 0.5) is 0 Å². The lowest BCUT2D eigenvalue weighted by Gasteiger charge is -2.12. The molecule has 0 saturated heterocycles. The van der Waals surface area contributed by atoms with Crippen LogP contribution in [0.2, 0.25) is 0 Å². The Morgan fingerprint density at radius 1 is 1.26 bits per heavy atom. The average molecular weight is 315 g/mol. The van der Waals surface area contributed by atoms with E-state index in [1.54, 1.807) is 6.92 Å². The summed E-state index contributed by atoms with van der Waals surface area (Å²) >= 11 is 0. The Hall–Kier alpha value is -2.63. The molecule has 0 bridgehead atoms. The number of carbonyl (C=O) groups is 2. The van der Waals surface area contributed by atoms with Gasteiger partial charge in [0.1, 0.15) is 12.6 Å². The molecule has 1 amide bonds. The molecule has 1 aromatic carbocycles. The number of hydrogen-bond donors (Lipinski definition) is 1. The van der Waals surface area contributed by atoms with Crippen molar-refractivity contribution in [3.8, 4) is 5.69 Å². The molecule has 23 heavy (non-hydrogen) atoms. The summed E-state index contributed by atoms with van der Waals surface area (Å²) in [6.45, 7) is 7.07. The van der Waals surface area contributed by atoms with Gasteiger partial charge < -0.3 is 10.1 Å². The van der Waals surface area contributed by atoms with E-state index >= 15 is 0 Å². The number of ether oxygens (including phenoxy) is 1. The van der Waals surface area contributed by atoms with Crippen LogP contribution in [-0.2, 0) is 20.9 Å². The zero-order valence-electron chi connectivity index (χ0n) is 13.8. The highest BCUT2D eigenvalue weighted by molar-refractivity contribution is 5.82. The van der Waals surface area contributed by atoms with Crippen molar-refractivity contribution in [2.45, 2.75) is 40.3 Å². The maximum absolute atomic E-state index is 11.7. The van der Waals surface area contributed by atoms with Crippen LogP contribution < -0.4 is 5.32 Å². The standard InChI is InChI=1S/C17H21N3O3/c1-11-9-12(2)20(19-11)16-7-5-15(6-8-16)10-23-17(22)13(3)18-14(4)21/h5-9,13H,10H2,1-4H3,(H,18,21). The van der Waals surface area contributed by atoms with Crippen molar-refractivity contribution < 1.29 is 14.3 Å². The number of hydrogen-bond acceptors (Lipinski definition) is 4. The lowest BCUT2D eigenvalue weighted by atomic mass is 10.2. The van der Waals surface area contributed by atoms with Crippen molar-refractivity contribution in [2.24, 2.45) is 0 Å². The van der Waals surface area contributed by atoms with Crippen molar-refractivity contribution in [3.63, 3.8) is 0 Å². The summed E-state index contributed by atoms with van der Waals surface area (Å²) in [7, 11) is 0. The van der Waals surface area contributed by atoms with Gasteiger partial charge in [-0.05, 0) is 44.5 Å². The fraction of sp³-hybridized carbons (Fsp3) is 0.353. The van der Waals surface area contributed by atoms with Gasteiger partial charge in [0, 0.05) is 12.6 Å². The zero-order valence-corrected chi connectivity index (χ0v) is 13.8. The molecule has 2 rings (SSSR count). The third kappa shape index (κ3) is 4.42. The summed E-state index contributed by atoms with van der Waals surface area (Å²) in [5, 5.41) is 6.92. The summed E-state index contributed by atoms with van der Waals surface area (Å²) < 4.78 is 7.05. The first kappa shape index (κ1) is 16.7. The zero-order chi connectivity index (χ0) is 17.0. The first-order chi connectivity index (χ1) is 10.9. The third-order valence-corrected chi connectivity index (χ3v) is 3.34. The van der Waals surface area contributed by atoms with E-state index in [1.807, 2.05) is 48.9 Å². The summed E-state index contributed by atoms with van der Waals surface area (Å²) in [6.07, 6.45) is 0. The normalized spacial score (nSPS) is 11.8. The van der Waals surface area contributed by atoms with Crippen LogP contribution in [0.1, 0.15) is 30.8 Å². The van der Waals surface area contributed by atoms with E-state index in [2.05, 4.69) is 10.4 Å². The van der Waals surface area contributed by atoms with E-state index in [0.29, 0.717) is 0 Å². The van der Waals surface area contributed by atoms with Gasteiger partial charge in [-0.25, -0.2) is 9.48 Å². The number of benzene rings is 1. The molecular weight excluding hydrogens is 294 g/mol. The monoisotopic (exact) mass is 315 g/mol. The number of carbonyl (C=O) groups excluding carboxylic acids is 2. The molecule has 0 spiro atoms. The fourth-order valence-electron chi connectivity index (χ4n) is 2.27. The Kier molecular flexibility index (Phi) is 5.16. The van der Waals surface area contributed by atoms with Crippen molar-refractivity contribution in [1.82, 2.24) is 15.1 Å². The van der Waals surface area contributed by atoms with Crippen LogP contribution >= 0.6 is 0 Å². The van der Waals surface area contributed by atoms with Crippen LogP contribution in [0, 0.1) is 13.8 Å². The summed E-state index contributed by atoms with van der Waals surface area (Å²) in [6, 6.07) is 9.00. The highest BCUT2D eigenvalue weighted by Crippen LogP contribution is 2.13. The van der Waals surface area contributed by atoms with E-state index < -0.39 is 12.0 Å². The summed E-state index contributed by atoms with van der Waals surface area (Å²) in [4.78, 5) is 22.6. The summed E-state index contributed by atoms with van der Waals surface area (Å²) in [5.41, 5.74) is 3.86. The highest BCUT2D eigenvalue weighted by Gasteiger charge is 2.15. The lowest BCUT2D eigenvalue weighted by molar-refractivity contribution is -0.148. The minimum absolute atomic E-state index is 0.167. The molecule has 1 unspecified atom stereocenters. The van der Waals surface area contributed by atoms with Crippen molar-refractivity contribution in [1.29, 1.82) is 0 Å². The van der Waals surface area contributed by atoms with E-state index in [9.17, 15) is 9.59 Å². The Bertz CT molecular complexity index is 704. The predicted octanol–water partition coefficient (Wildman–Crippen LogP) is 2.06. The Morgan fingerprint density at radius 3 is 2.43 bits per heavy atom. The molecule has 6 nitrogen and oxygen atoms in total. The number of amides is 1. The van der Waals surface area contributed by atoms with Gasteiger partial charge in [0.15, 0.2) is 0 Å². The molecule has 0 aliphatic rings. The van der Waals surface area contributed by atoms with Crippen LogP contribution in [0.25, 0.3) is 5.69 Å². The second kappa shape index (κ2) is 7.09. The Labute approximate surface area is 135 Å². The van der Waals surface area contributed by atoms with E-state index in [-0.39, 0.29) is 12.5 Å². The van der Waals surface area contributed by atoms with Crippen LogP contribution in [0.3, 0.4) is 0 Å². The van der Waals surface area contributed by atoms with Gasteiger partial charge in [-0.1, -0.05) is 12.1 Å². The fourth-order valence-corrected chi connectivity index (χ4v) is 2.27. The Balaban J connectivity index is 1.97. The highest BCUT2D eigenvalue weighted by atomic mass is 16.5. The smallest absolute Gasteiger partial charge is 0.328 e. The molecule has 6 heteroatoms. The molecule has 122 valence electrons. The van der Waals surface area contributed by atoms with Gasteiger partial charge in [0.2, 0.25) is 5.91 Å². The van der Waals surface area contributed by atoms with Gasteiger partial charge in [-0.15, -0.1) is 0 Å². The van der Waals surface area contributed by atoms with Gasteiger partial charge in [-0.2, -0.15) is 5.10 Å². The molecular formula is C17H21N3O3. The topological polar surface area (TPSA) is 73.2 Å². The van der Waals surface area contributed by atoms with Gasteiger partial charge in [0.05, 0.1) is 11.4 Å². The van der Waals surface area contributed by atoms with E-state index in [4.69, 9.17) is 4.74 Å². The largest absolute Gasteiger partial charge is 0.459 e. The van der Waals surface area contributed by atoms with Gasteiger partial charge in [0.25, 0.3) is 0 Å². The molecule has 0 radical (unpaired) electrons. The van der Waals surface area contributed by atoms with Crippen LogP contribution in [0.15, 0.2) is 30.3 Å². The number of aromatic nitrogens is 2. The number of rotatable bonds is 5. The van der Waals surface area contributed by atoms with Gasteiger partial charge in [-0.3, -0.25) is 4.79 Å². The van der Waals surface area contributed by atoms with Crippen LogP contribution in [0.5, 0.6) is 0 Å². The maximum Gasteiger partial charge on any atom is 0.328 e. The van der Waals surface area contributed by atoms with Crippen molar-refractivity contribution in [2.75, 3.05) is 0 Å². The SMILES string of the molecule is CC(=O)NC(C)C(=O)OCc1ccc(-n2nc(C)cc2C)cc1. The number of esters is 1. The minimum Gasteiger partial charge on any atom is -0.459 e. The molecule has 1 N–H and O–H groups in total. The van der Waals surface area contributed by atoms with Gasteiger partial charge >= 0.3 is 5.97 Å². The number of aryl methyl sites for hydroxylation is 2. The second-order valence-electron chi connectivity index (χ2n) is 5.54. The molecule has 0 aliphatic carbocycles. The van der Waals surface area contributed by atoms with Crippen molar-refractivity contribution >= 4 is 11.9 Å². The minimum atomic E-state index is -0.651. The molecule has 0 fully saturated rings. The molecule has 1 aromatic heterocycles. The quantitative estimate of drug-likeness (QED) is 0.857. The number of nitrogens with zero attached hydrogens (tertiary/aromatic N) is 2. The molecule has 0 saturated carbocycles. The average Bonchev–Trinajstić information content (AvgIpc) is 2.83. The van der Waals surface area contributed by atoms with Crippen molar-refractivity contribution in [3.05, 3.63) is 47.3 Å². The third-order valence-electron chi connectivity index (χ3n) is 3.34. The first-order valence-corrected chi connectivity index (χ1v) is 7.43. The maximum atomic E-state index is 11.7. The first-order valence-electron chi connectivity index (χ1n) is 7.43. The molecule has 0 aliphatic heterocycles. The van der Waals surface area contributed by atoms with Crippen LogP contribution in [-0.4, -0.2) is 27.7 Å². The second-order valence-corrected chi connectivity index (χ2v) is 5.54.